The van der Waals surface area contributed by atoms with Crippen molar-refractivity contribution in [3.8, 4) is 0 Å². The number of aromatic nitrogens is 1. The van der Waals surface area contributed by atoms with E-state index in [-0.39, 0.29) is 17.9 Å². The molecule has 1 saturated carbocycles. The van der Waals surface area contributed by atoms with Crippen LogP contribution in [0.2, 0.25) is 5.02 Å². The topological polar surface area (TPSA) is 36.1 Å². The van der Waals surface area contributed by atoms with Crippen LogP contribution < -0.4 is 0 Å². The van der Waals surface area contributed by atoms with Gasteiger partial charge in [0.05, 0.1) is 6.04 Å². The molecule has 0 spiro atoms. The molecule has 4 heteroatoms. The van der Waals surface area contributed by atoms with Crippen LogP contribution in [0.1, 0.15) is 48.5 Å². The van der Waals surface area contributed by atoms with Crippen LogP contribution in [0.3, 0.4) is 0 Å². The van der Waals surface area contributed by atoms with Gasteiger partial charge in [0.2, 0.25) is 5.91 Å². The Bertz CT molecular complexity index is 1000. The first-order chi connectivity index (χ1) is 12.6. The van der Waals surface area contributed by atoms with Crippen molar-refractivity contribution >= 4 is 28.4 Å². The van der Waals surface area contributed by atoms with Gasteiger partial charge in [0.25, 0.3) is 0 Å². The molecule has 3 nitrogen and oxygen atoms in total. The summed E-state index contributed by atoms with van der Waals surface area (Å²) in [7, 11) is 0. The molecule has 2 atom stereocenters. The second-order valence-corrected chi connectivity index (χ2v) is 7.92. The van der Waals surface area contributed by atoms with Gasteiger partial charge in [-0.05, 0) is 43.0 Å². The molecule has 1 aliphatic heterocycles. The summed E-state index contributed by atoms with van der Waals surface area (Å²) in [5.41, 5.74) is 4.67. The van der Waals surface area contributed by atoms with Crippen molar-refractivity contribution in [2.24, 2.45) is 5.92 Å². The molecule has 1 N–H and O–H groups in total. The summed E-state index contributed by atoms with van der Waals surface area (Å²) in [6, 6.07) is 16.5. The number of nitrogens with zero attached hydrogens (tertiary/aromatic N) is 1. The fraction of sp³-hybridized carbons (Fsp3) is 0.318. The van der Waals surface area contributed by atoms with E-state index in [1.807, 2.05) is 24.3 Å². The maximum atomic E-state index is 12.9. The van der Waals surface area contributed by atoms with Gasteiger partial charge in [-0.2, -0.15) is 0 Å². The summed E-state index contributed by atoms with van der Waals surface area (Å²) in [5.74, 6) is 0.600. The average molecular weight is 365 g/mol. The number of hydrogen-bond acceptors (Lipinski definition) is 1. The molecule has 2 aliphatic rings. The molecule has 3 aromatic rings. The molecule has 2 heterocycles. The SMILES string of the molecule is C[C@H]1c2[nH]c3ccccc3c2[C@@H](c2ccccc2Cl)CN1C(=O)C1CC1. The Balaban J connectivity index is 1.71. The molecule has 1 aliphatic carbocycles. The first kappa shape index (κ1) is 16.0. The summed E-state index contributed by atoms with van der Waals surface area (Å²) in [6.45, 7) is 2.83. The number of rotatable bonds is 2. The zero-order valence-electron chi connectivity index (χ0n) is 14.7. The molecule has 5 rings (SSSR count). The number of halogens is 1. The molecule has 132 valence electrons. The Hall–Kier alpha value is -2.26. The van der Waals surface area contributed by atoms with Gasteiger partial charge in [0, 0.05) is 40.0 Å². The quantitative estimate of drug-likeness (QED) is 0.661. The molecule has 26 heavy (non-hydrogen) atoms. The van der Waals surface area contributed by atoms with Crippen LogP contribution in [0, 0.1) is 5.92 Å². The summed E-state index contributed by atoms with van der Waals surface area (Å²) in [6.07, 6.45) is 2.05. The molecule has 1 amide bonds. The highest BCUT2D eigenvalue weighted by Crippen LogP contribution is 2.46. The van der Waals surface area contributed by atoms with E-state index in [0.717, 1.165) is 34.6 Å². The zero-order chi connectivity index (χ0) is 17.8. The average Bonchev–Trinajstić information content (AvgIpc) is 3.43. The van der Waals surface area contributed by atoms with Gasteiger partial charge in [0.15, 0.2) is 0 Å². The van der Waals surface area contributed by atoms with E-state index in [9.17, 15) is 4.79 Å². The van der Waals surface area contributed by atoms with Crippen LogP contribution in [0.15, 0.2) is 48.5 Å². The fourth-order valence-electron chi connectivity index (χ4n) is 4.35. The number of carbonyl (C=O) groups excluding carboxylic acids is 1. The minimum Gasteiger partial charge on any atom is -0.356 e. The number of hydrogen-bond donors (Lipinski definition) is 1. The standard InChI is InChI=1S/C22H21ClN2O/c1-13-21-20(16-7-3-5-9-19(16)24-21)17(15-6-2-4-8-18(15)23)12-25(13)22(26)14-10-11-14/h2-9,13-14,17,24H,10-12H2,1H3/t13-,17+/m0/s1. The monoisotopic (exact) mass is 364 g/mol. The highest BCUT2D eigenvalue weighted by Gasteiger charge is 2.42. The first-order valence-electron chi connectivity index (χ1n) is 9.30. The second kappa shape index (κ2) is 5.88. The third-order valence-corrected chi connectivity index (χ3v) is 6.22. The number of para-hydroxylation sites is 1. The van der Waals surface area contributed by atoms with Crippen LogP contribution in [0.25, 0.3) is 10.9 Å². The minimum atomic E-state index is 0.0595. The summed E-state index contributed by atoms with van der Waals surface area (Å²) in [5, 5.41) is 2.00. The maximum absolute atomic E-state index is 12.9. The Labute approximate surface area is 158 Å². The largest absolute Gasteiger partial charge is 0.356 e. The molecule has 1 fully saturated rings. The zero-order valence-corrected chi connectivity index (χ0v) is 15.5. The fourth-order valence-corrected chi connectivity index (χ4v) is 4.62. The van der Waals surface area contributed by atoms with Crippen LogP contribution in [0.5, 0.6) is 0 Å². The highest BCUT2D eigenvalue weighted by atomic mass is 35.5. The Morgan fingerprint density at radius 3 is 2.62 bits per heavy atom. The molecule has 0 bridgehead atoms. The summed E-state index contributed by atoms with van der Waals surface area (Å²) in [4.78, 5) is 18.6. The summed E-state index contributed by atoms with van der Waals surface area (Å²) < 4.78 is 0. The van der Waals surface area contributed by atoms with Crippen molar-refractivity contribution in [1.29, 1.82) is 0 Å². The number of amides is 1. The minimum absolute atomic E-state index is 0.0595. The lowest BCUT2D eigenvalue weighted by Crippen LogP contribution is -2.42. The predicted octanol–water partition coefficient (Wildman–Crippen LogP) is 5.27. The van der Waals surface area contributed by atoms with E-state index in [2.05, 4.69) is 41.1 Å². The molecule has 2 aromatic carbocycles. The van der Waals surface area contributed by atoms with Crippen molar-refractivity contribution in [3.63, 3.8) is 0 Å². The normalized spacial score (nSPS) is 22.5. The van der Waals surface area contributed by atoms with Crippen LogP contribution in [0.4, 0.5) is 0 Å². The van der Waals surface area contributed by atoms with Crippen LogP contribution >= 0.6 is 11.6 Å². The number of aromatic amines is 1. The lowest BCUT2D eigenvalue weighted by Gasteiger charge is -2.39. The van der Waals surface area contributed by atoms with Gasteiger partial charge in [-0.3, -0.25) is 4.79 Å². The summed E-state index contributed by atoms with van der Waals surface area (Å²) >= 11 is 6.57. The molecular weight excluding hydrogens is 344 g/mol. The van der Waals surface area contributed by atoms with E-state index in [1.54, 1.807) is 0 Å². The van der Waals surface area contributed by atoms with Gasteiger partial charge in [-0.1, -0.05) is 48.0 Å². The molecule has 0 radical (unpaired) electrons. The second-order valence-electron chi connectivity index (χ2n) is 7.51. The number of fused-ring (bicyclic) bond motifs is 3. The van der Waals surface area contributed by atoms with Crippen LogP contribution in [-0.2, 0) is 4.79 Å². The van der Waals surface area contributed by atoms with Crippen LogP contribution in [-0.4, -0.2) is 22.3 Å². The number of H-pyrrole nitrogens is 1. The molecule has 0 saturated heterocycles. The van der Waals surface area contributed by atoms with Gasteiger partial charge >= 0.3 is 0 Å². The number of benzene rings is 2. The third-order valence-electron chi connectivity index (χ3n) is 5.88. The van der Waals surface area contributed by atoms with Gasteiger partial charge < -0.3 is 9.88 Å². The van der Waals surface area contributed by atoms with E-state index in [0.29, 0.717) is 12.5 Å². The van der Waals surface area contributed by atoms with Gasteiger partial charge in [-0.15, -0.1) is 0 Å². The Kier molecular flexibility index (Phi) is 3.61. The lowest BCUT2D eigenvalue weighted by atomic mass is 9.83. The van der Waals surface area contributed by atoms with Crippen molar-refractivity contribution in [2.45, 2.75) is 31.7 Å². The molecular formula is C22H21ClN2O. The van der Waals surface area contributed by atoms with Crippen molar-refractivity contribution in [2.75, 3.05) is 6.54 Å². The molecule has 1 aromatic heterocycles. The smallest absolute Gasteiger partial charge is 0.226 e. The Morgan fingerprint density at radius 2 is 1.85 bits per heavy atom. The first-order valence-corrected chi connectivity index (χ1v) is 9.68. The predicted molar refractivity (Wildman–Crippen MR) is 104 cm³/mol. The number of nitrogens with one attached hydrogen (secondary N) is 1. The van der Waals surface area contributed by atoms with E-state index < -0.39 is 0 Å². The lowest BCUT2D eigenvalue weighted by molar-refractivity contribution is -0.135. The van der Waals surface area contributed by atoms with E-state index in [4.69, 9.17) is 11.6 Å². The van der Waals surface area contributed by atoms with Crippen molar-refractivity contribution in [3.05, 3.63) is 70.4 Å². The molecule has 0 unspecified atom stereocenters. The maximum Gasteiger partial charge on any atom is 0.226 e. The van der Waals surface area contributed by atoms with Gasteiger partial charge in [-0.25, -0.2) is 0 Å². The van der Waals surface area contributed by atoms with Crippen molar-refractivity contribution < 1.29 is 4.79 Å². The Morgan fingerprint density at radius 1 is 1.12 bits per heavy atom. The highest BCUT2D eigenvalue weighted by molar-refractivity contribution is 6.31. The van der Waals surface area contributed by atoms with E-state index >= 15 is 0 Å². The number of carbonyl (C=O) groups is 1. The third kappa shape index (κ3) is 2.38. The van der Waals surface area contributed by atoms with E-state index in [1.165, 1.54) is 10.9 Å². The van der Waals surface area contributed by atoms with Gasteiger partial charge in [0.1, 0.15) is 0 Å². The van der Waals surface area contributed by atoms with Crippen molar-refractivity contribution in [1.82, 2.24) is 9.88 Å².